The van der Waals surface area contributed by atoms with Gasteiger partial charge in [-0.05, 0) is 50.8 Å². The average molecular weight is 259 g/mol. The molecule has 0 aliphatic heterocycles. The highest BCUT2D eigenvalue weighted by Gasteiger charge is 2.12. The third-order valence-electron chi connectivity index (χ3n) is 2.55. The van der Waals surface area contributed by atoms with Gasteiger partial charge in [0.1, 0.15) is 5.82 Å². The summed E-state index contributed by atoms with van der Waals surface area (Å²) >= 11 is 5.89. The molecule has 0 amide bonds. The Morgan fingerprint density at radius 3 is 2.71 bits per heavy atom. The average Bonchev–Trinajstić information content (AvgIpc) is 2.23. The van der Waals surface area contributed by atoms with Crippen LogP contribution in [0, 0.1) is 5.82 Å². The van der Waals surface area contributed by atoms with Gasteiger partial charge in [0, 0.05) is 17.6 Å². The van der Waals surface area contributed by atoms with Crippen LogP contribution in [0.2, 0.25) is 5.02 Å². The lowest BCUT2D eigenvalue weighted by Gasteiger charge is -2.22. The van der Waals surface area contributed by atoms with Crippen molar-refractivity contribution >= 4 is 11.6 Å². The number of rotatable bonds is 6. The summed E-state index contributed by atoms with van der Waals surface area (Å²) in [6.45, 7) is 3.80. The van der Waals surface area contributed by atoms with Crippen LogP contribution >= 0.6 is 11.6 Å². The van der Waals surface area contributed by atoms with E-state index in [0.717, 1.165) is 13.1 Å². The molecule has 0 spiro atoms. The van der Waals surface area contributed by atoms with Gasteiger partial charge in [-0.1, -0.05) is 18.5 Å². The molecule has 0 aliphatic carbocycles. The SMILES string of the molecule is CCNC(Cc1cc(Cl)ccc1F)CN(C)C. The maximum atomic E-state index is 13.6. The molecular weight excluding hydrogens is 239 g/mol. The third-order valence-corrected chi connectivity index (χ3v) is 2.79. The molecule has 1 N–H and O–H groups in total. The molecule has 1 aromatic carbocycles. The minimum atomic E-state index is -0.184. The highest BCUT2D eigenvalue weighted by molar-refractivity contribution is 6.30. The van der Waals surface area contributed by atoms with Crippen molar-refractivity contribution in [1.29, 1.82) is 0 Å². The predicted octanol–water partition coefficient (Wildman–Crippen LogP) is 2.56. The van der Waals surface area contributed by atoms with Crippen LogP contribution in [0.1, 0.15) is 12.5 Å². The number of hydrogen-bond donors (Lipinski definition) is 1. The molecule has 2 nitrogen and oxygen atoms in total. The van der Waals surface area contributed by atoms with Gasteiger partial charge in [-0.3, -0.25) is 0 Å². The Kier molecular flexibility index (Phi) is 5.89. The zero-order valence-corrected chi connectivity index (χ0v) is 11.4. The Hall–Kier alpha value is -0.640. The van der Waals surface area contributed by atoms with Crippen molar-refractivity contribution in [3.8, 4) is 0 Å². The molecule has 4 heteroatoms. The Morgan fingerprint density at radius 2 is 2.12 bits per heavy atom. The highest BCUT2D eigenvalue weighted by atomic mass is 35.5. The quantitative estimate of drug-likeness (QED) is 0.844. The zero-order valence-electron chi connectivity index (χ0n) is 10.6. The lowest BCUT2D eigenvalue weighted by molar-refractivity contribution is 0.337. The summed E-state index contributed by atoms with van der Waals surface area (Å²) in [5.41, 5.74) is 0.672. The molecule has 0 aromatic heterocycles. The summed E-state index contributed by atoms with van der Waals surface area (Å²) < 4.78 is 13.6. The lowest BCUT2D eigenvalue weighted by atomic mass is 10.0. The van der Waals surface area contributed by atoms with Gasteiger partial charge < -0.3 is 10.2 Å². The maximum absolute atomic E-state index is 13.6. The molecule has 96 valence electrons. The number of hydrogen-bond acceptors (Lipinski definition) is 2. The molecular formula is C13H20ClFN2. The predicted molar refractivity (Wildman–Crippen MR) is 71.1 cm³/mol. The van der Waals surface area contributed by atoms with E-state index in [1.54, 1.807) is 12.1 Å². The standard InChI is InChI=1S/C13H20ClFN2/c1-4-16-12(9-17(2)3)8-10-7-11(14)5-6-13(10)15/h5-7,12,16H,4,8-9H2,1-3H3. The fraction of sp³-hybridized carbons (Fsp3) is 0.538. The van der Waals surface area contributed by atoms with Crippen LogP contribution < -0.4 is 5.32 Å². The van der Waals surface area contributed by atoms with Crippen molar-refractivity contribution in [3.63, 3.8) is 0 Å². The van der Waals surface area contributed by atoms with Gasteiger partial charge in [0.25, 0.3) is 0 Å². The summed E-state index contributed by atoms with van der Waals surface area (Å²) in [7, 11) is 4.03. The second-order valence-corrected chi connectivity index (χ2v) is 4.89. The highest BCUT2D eigenvalue weighted by Crippen LogP contribution is 2.16. The molecule has 1 unspecified atom stereocenters. The lowest BCUT2D eigenvalue weighted by Crippen LogP contribution is -2.39. The van der Waals surface area contributed by atoms with E-state index in [0.29, 0.717) is 17.0 Å². The van der Waals surface area contributed by atoms with Crippen LogP contribution in [0.4, 0.5) is 4.39 Å². The Balaban J connectivity index is 2.74. The zero-order chi connectivity index (χ0) is 12.8. The normalized spacial score (nSPS) is 13.1. The van der Waals surface area contributed by atoms with Gasteiger partial charge in [-0.2, -0.15) is 0 Å². The van der Waals surface area contributed by atoms with Crippen LogP contribution in [0.3, 0.4) is 0 Å². The fourth-order valence-corrected chi connectivity index (χ4v) is 2.09. The molecule has 1 atom stereocenters. The van der Waals surface area contributed by atoms with Gasteiger partial charge in [0.15, 0.2) is 0 Å². The van der Waals surface area contributed by atoms with Gasteiger partial charge in [0.05, 0.1) is 0 Å². The molecule has 0 saturated carbocycles. The summed E-state index contributed by atoms with van der Waals surface area (Å²) in [5.74, 6) is -0.184. The largest absolute Gasteiger partial charge is 0.313 e. The van der Waals surface area contributed by atoms with Crippen molar-refractivity contribution in [2.75, 3.05) is 27.2 Å². The third kappa shape index (κ3) is 5.02. The van der Waals surface area contributed by atoms with Crippen LogP contribution in [-0.4, -0.2) is 38.1 Å². The van der Waals surface area contributed by atoms with E-state index in [2.05, 4.69) is 17.1 Å². The van der Waals surface area contributed by atoms with Crippen LogP contribution in [0.15, 0.2) is 18.2 Å². The van der Waals surface area contributed by atoms with Crippen molar-refractivity contribution in [1.82, 2.24) is 10.2 Å². The summed E-state index contributed by atoms with van der Waals surface area (Å²) in [6, 6.07) is 4.95. The smallest absolute Gasteiger partial charge is 0.126 e. The first-order valence-corrected chi connectivity index (χ1v) is 6.22. The second-order valence-electron chi connectivity index (χ2n) is 4.46. The monoisotopic (exact) mass is 258 g/mol. The fourth-order valence-electron chi connectivity index (χ4n) is 1.90. The van der Waals surface area contributed by atoms with E-state index in [-0.39, 0.29) is 11.9 Å². The molecule has 1 rings (SSSR count). The topological polar surface area (TPSA) is 15.3 Å². The van der Waals surface area contributed by atoms with E-state index in [9.17, 15) is 4.39 Å². The molecule has 0 fully saturated rings. The number of nitrogens with one attached hydrogen (secondary N) is 1. The van der Waals surface area contributed by atoms with E-state index < -0.39 is 0 Å². The number of halogens is 2. The van der Waals surface area contributed by atoms with Crippen molar-refractivity contribution in [2.45, 2.75) is 19.4 Å². The molecule has 0 radical (unpaired) electrons. The number of benzene rings is 1. The second kappa shape index (κ2) is 6.94. The van der Waals surface area contributed by atoms with Gasteiger partial charge in [-0.15, -0.1) is 0 Å². The van der Waals surface area contributed by atoms with Crippen LogP contribution in [0.25, 0.3) is 0 Å². The van der Waals surface area contributed by atoms with E-state index in [4.69, 9.17) is 11.6 Å². The first-order valence-electron chi connectivity index (χ1n) is 5.85. The Labute approximate surface area is 108 Å². The van der Waals surface area contributed by atoms with Gasteiger partial charge >= 0.3 is 0 Å². The first kappa shape index (κ1) is 14.4. The van der Waals surface area contributed by atoms with Crippen molar-refractivity contribution in [2.24, 2.45) is 0 Å². The Bertz CT molecular complexity index is 355. The van der Waals surface area contributed by atoms with Crippen LogP contribution in [-0.2, 0) is 6.42 Å². The minimum Gasteiger partial charge on any atom is -0.313 e. The van der Waals surface area contributed by atoms with E-state index >= 15 is 0 Å². The maximum Gasteiger partial charge on any atom is 0.126 e. The first-order chi connectivity index (χ1) is 8.02. The summed E-state index contributed by atoms with van der Waals surface area (Å²) in [5, 5.41) is 3.94. The van der Waals surface area contributed by atoms with Crippen molar-refractivity contribution in [3.05, 3.63) is 34.6 Å². The van der Waals surface area contributed by atoms with Crippen LogP contribution in [0.5, 0.6) is 0 Å². The van der Waals surface area contributed by atoms with E-state index in [1.165, 1.54) is 6.07 Å². The van der Waals surface area contributed by atoms with E-state index in [1.807, 2.05) is 14.1 Å². The minimum absolute atomic E-state index is 0.184. The molecule has 0 heterocycles. The Morgan fingerprint density at radius 1 is 1.41 bits per heavy atom. The van der Waals surface area contributed by atoms with Crippen molar-refractivity contribution < 1.29 is 4.39 Å². The summed E-state index contributed by atoms with van der Waals surface area (Å²) in [6.07, 6.45) is 0.651. The molecule has 1 aromatic rings. The summed E-state index contributed by atoms with van der Waals surface area (Å²) in [4.78, 5) is 2.09. The molecule has 0 aliphatic rings. The molecule has 0 saturated heterocycles. The number of nitrogens with zero attached hydrogens (tertiary/aromatic N) is 1. The number of likely N-dealkylation sites (N-methyl/N-ethyl adjacent to an activating group) is 2. The van der Waals surface area contributed by atoms with Gasteiger partial charge in [0.2, 0.25) is 0 Å². The van der Waals surface area contributed by atoms with Gasteiger partial charge in [-0.25, -0.2) is 4.39 Å². The molecule has 17 heavy (non-hydrogen) atoms. The molecule has 0 bridgehead atoms.